The zero-order chi connectivity index (χ0) is 23.9. The topological polar surface area (TPSA) is 76.5 Å². The molecule has 4 aromatic rings. The summed E-state index contributed by atoms with van der Waals surface area (Å²) < 4.78 is 47.7. The standard InChI is InChI=1S/C24H22F3N5O2/c1-2-7-16-12-19(30-34-16)20-10-6-11-31(20)23(33)17-14-28-32-21(24(25,26)27)13-18(29-22(17)32)15-8-4-3-5-9-15/h3-5,8-9,12-14,20H,2,6-7,10-11H2,1H3/t20-/m0/s1. The highest BCUT2D eigenvalue weighted by Gasteiger charge is 2.38. The molecule has 0 radical (unpaired) electrons. The average Bonchev–Trinajstić information content (AvgIpc) is 3.57. The van der Waals surface area contributed by atoms with Crippen LogP contribution in [0.1, 0.15) is 59.7 Å². The number of rotatable bonds is 5. The Bertz CT molecular complexity index is 1330. The van der Waals surface area contributed by atoms with Gasteiger partial charge < -0.3 is 9.42 Å². The lowest BCUT2D eigenvalue weighted by Crippen LogP contribution is -2.30. The number of hydrogen-bond acceptors (Lipinski definition) is 5. The summed E-state index contributed by atoms with van der Waals surface area (Å²) in [5.41, 5.74) is 0.186. The highest BCUT2D eigenvalue weighted by Crippen LogP contribution is 2.36. The van der Waals surface area contributed by atoms with E-state index in [1.54, 1.807) is 35.2 Å². The Morgan fingerprint density at radius 2 is 2.00 bits per heavy atom. The second-order valence-electron chi connectivity index (χ2n) is 8.31. The minimum Gasteiger partial charge on any atom is -0.361 e. The smallest absolute Gasteiger partial charge is 0.361 e. The Morgan fingerprint density at radius 3 is 2.74 bits per heavy atom. The van der Waals surface area contributed by atoms with E-state index in [4.69, 9.17) is 4.52 Å². The van der Waals surface area contributed by atoms with Gasteiger partial charge in [-0.25, -0.2) is 9.50 Å². The highest BCUT2D eigenvalue weighted by molar-refractivity contribution is 6.00. The van der Waals surface area contributed by atoms with Crippen LogP contribution in [0.3, 0.4) is 0 Å². The van der Waals surface area contributed by atoms with E-state index in [1.807, 2.05) is 13.0 Å². The van der Waals surface area contributed by atoms with E-state index in [-0.39, 0.29) is 22.9 Å². The van der Waals surface area contributed by atoms with Crippen molar-refractivity contribution < 1.29 is 22.5 Å². The number of aryl methyl sites for hydroxylation is 1. The normalized spacial score (nSPS) is 16.5. The molecule has 176 valence electrons. The summed E-state index contributed by atoms with van der Waals surface area (Å²) in [6.07, 6.45) is -0.421. The number of nitrogens with zero attached hydrogens (tertiary/aromatic N) is 5. The van der Waals surface area contributed by atoms with Gasteiger partial charge in [-0.15, -0.1) is 0 Å². The van der Waals surface area contributed by atoms with Crippen molar-refractivity contribution in [2.45, 2.75) is 44.8 Å². The summed E-state index contributed by atoms with van der Waals surface area (Å²) in [5, 5.41) is 8.03. The SMILES string of the molecule is CCCc1cc([C@@H]2CCCN2C(=O)c2cnn3c(C(F)(F)F)cc(-c4ccccc4)nc23)no1. The lowest BCUT2D eigenvalue weighted by Gasteiger charge is -2.22. The summed E-state index contributed by atoms with van der Waals surface area (Å²) in [6.45, 7) is 2.49. The Hall–Kier alpha value is -3.69. The first-order valence-corrected chi connectivity index (χ1v) is 11.1. The van der Waals surface area contributed by atoms with Gasteiger partial charge in [0.2, 0.25) is 0 Å². The van der Waals surface area contributed by atoms with Crippen LogP contribution in [0.15, 0.2) is 53.2 Å². The number of aromatic nitrogens is 4. The van der Waals surface area contributed by atoms with Crippen LogP contribution < -0.4 is 0 Å². The molecule has 34 heavy (non-hydrogen) atoms. The molecule has 1 atom stereocenters. The van der Waals surface area contributed by atoms with Crippen LogP contribution >= 0.6 is 0 Å². The van der Waals surface area contributed by atoms with Crippen molar-refractivity contribution >= 4 is 11.6 Å². The van der Waals surface area contributed by atoms with Crippen LogP contribution in [0.4, 0.5) is 13.2 Å². The molecule has 0 N–H and O–H groups in total. The van der Waals surface area contributed by atoms with Crippen molar-refractivity contribution in [2.75, 3.05) is 6.54 Å². The molecule has 0 spiro atoms. The third-order valence-corrected chi connectivity index (χ3v) is 5.99. The molecule has 1 fully saturated rings. The summed E-state index contributed by atoms with van der Waals surface area (Å²) in [4.78, 5) is 19.6. The van der Waals surface area contributed by atoms with Gasteiger partial charge in [-0.3, -0.25) is 4.79 Å². The van der Waals surface area contributed by atoms with Gasteiger partial charge in [-0.2, -0.15) is 18.3 Å². The Labute approximate surface area is 193 Å². The Balaban J connectivity index is 1.57. The van der Waals surface area contributed by atoms with Gasteiger partial charge in [0, 0.05) is 24.6 Å². The molecule has 0 aliphatic carbocycles. The van der Waals surface area contributed by atoms with Crippen LogP contribution in [-0.2, 0) is 12.6 Å². The first-order chi connectivity index (χ1) is 16.4. The summed E-state index contributed by atoms with van der Waals surface area (Å²) in [5.74, 6) is 0.320. The van der Waals surface area contributed by atoms with Crippen molar-refractivity contribution in [2.24, 2.45) is 0 Å². The Kier molecular flexibility index (Phi) is 5.59. The predicted octanol–water partition coefficient (Wildman–Crippen LogP) is 5.33. The maximum atomic E-state index is 13.9. The first kappa shape index (κ1) is 22.1. The quantitative estimate of drug-likeness (QED) is 0.395. The number of hydrogen-bond donors (Lipinski definition) is 0. The van der Waals surface area contributed by atoms with Crippen LogP contribution in [-0.4, -0.2) is 37.1 Å². The molecule has 3 aromatic heterocycles. The van der Waals surface area contributed by atoms with Crippen molar-refractivity contribution in [3.8, 4) is 11.3 Å². The van der Waals surface area contributed by atoms with Gasteiger partial charge in [0.1, 0.15) is 17.0 Å². The highest BCUT2D eigenvalue weighted by atomic mass is 19.4. The maximum Gasteiger partial charge on any atom is 0.433 e. The predicted molar refractivity (Wildman–Crippen MR) is 117 cm³/mol. The first-order valence-electron chi connectivity index (χ1n) is 11.1. The monoisotopic (exact) mass is 469 g/mol. The number of carbonyl (C=O) groups excluding carboxylic acids is 1. The molecule has 0 unspecified atom stereocenters. The molecular weight excluding hydrogens is 447 g/mol. The summed E-state index contributed by atoms with van der Waals surface area (Å²) in [6, 6.07) is 11.0. The zero-order valence-corrected chi connectivity index (χ0v) is 18.4. The van der Waals surface area contributed by atoms with E-state index in [1.165, 1.54) is 0 Å². The van der Waals surface area contributed by atoms with Crippen molar-refractivity contribution in [3.63, 3.8) is 0 Å². The third-order valence-electron chi connectivity index (χ3n) is 5.99. The maximum absolute atomic E-state index is 13.9. The van der Waals surface area contributed by atoms with Crippen LogP contribution in [0, 0.1) is 0 Å². The molecule has 10 heteroatoms. The summed E-state index contributed by atoms with van der Waals surface area (Å²) in [7, 11) is 0. The fourth-order valence-electron chi connectivity index (χ4n) is 4.39. The fraction of sp³-hybridized carbons (Fsp3) is 0.333. The van der Waals surface area contributed by atoms with Gasteiger partial charge in [0.25, 0.3) is 5.91 Å². The molecular formula is C24H22F3N5O2. The number of halogens is 3. The van der Waals surface area contributed by atoms with Gasteiger partial charge >= 0.3 is 6.18 Å². The molecule has 1 saturated heterocycles. The number of fused-ring (bicyclic) bond motifs is 1. The van der Waals surface area contributed by atoms with Crippen LogP contribution in [0.5, 0.6) is 0 Å². The average molecular weight is 469 g/mol. The van der Waals surface area contributed by atoms with E-state index in [9.17, 15) is 18.0 Å². The van der Waals surface area contributed by atoms with Crippen LogP contribution in [0.25, 0.3) is 16.9 Å². The van der Waals surface area contributed by atoms with Crippen molar-refractivity contribution in [3.05, 3.63) is 71.4 Å². The number of carbonyl (C=O) groups is 1. The molecule has 1 aromatic carbocycles. The largest absolute Gasteiger partial charge is 0.433 e. The molecule has 1 aliphatic rings. The molecule has 4 heterocycles. The number of likely N-dealkylation sites (tertiary alicyclic amines) is 1. The minimum atomic E-state index is -4.68. The van der Waals surface area contributed by atoms with Gasteiger partial charge in [-0.1, -0.05) is 42.4 Å². The minimum absolute atomic E-state index is 0.0208. The fourth-order valence-corrected chi connectivity index (χ4v) is 4.39. The van der Waals surface area contributed by atoms with E-state index in [0.717, 1.165) is 37.3 Å². The molecule has 0 bridgehead atoms. The van der Waals surface area contributed by atoms with Crippen molar-refractivity contribution in [1.29, 1.82) is 0 Å². The zero-order valence-electron chi connectivity index (χ0n) is 18.4. The second kappa shape index (κ2) is 8.58. The molecule has 0 saturated carbocycles. The van der Waals surface area contributed by atoms with Crippen LogP contribution in [0.2, 0.25) is 0 Å². The third kappa shape index (κ3) is 3.93. The lowest BCUT2D eigenvalue weighted by molar-refractivity contribution is -0.142. The van der Waals surface area contributed by atoms with Gasteiger partial charge in [-0.05, 0) is 25.3 Å². The van der Waals surface area contributed by atoms with Crippen molar-refractivity contribution in [1.82, 2.24) is 24.7 Å². The van der Waals surface area contributed by atoms with E-state index >= 15 is 0 Å². The molecule has 7 nitrogen and oxygen atoms in total. The number of benzene rings is 1. The second-order valence-corrected chi connectivity index (χ2v) is 8.31. The van der Waals surface area contributed by atoms with Gasteiger partial charge in [0.05, 0.1) is 17.9 Å². The molecule has 1 aliphatic heterocycles. The van der Waals surface area contributed by atoms with Gasteiger partial charge in [0.15, 0.2) is 11.3 Å². The molecule has 1 amide bonds. The molecule has 5 rings (SSSR count). The van der Waals surface area contributed by atoms with E-state index < -0.39 is 17.8 Å². The van der Waals surface area contributed by atoms with E-state index in [0.29, 0.717) is 28.7 Å². The Morgan fingerprint density at radius 1 is 1.21 bits per heavy atom. The lowest BCUT2D eigenvalue weighted by atomic mass is 10.1. The summed E-state index contributed by atoms with van der Waals surface area (Å²) >= 11 is 0. The number of alkyl halides is 3. The number of amides is 1. The van der Waals surface area contributed by atoms with E-state index in [2.05, 4.69) is 15.2 Å².